The summed E-state index contributed by atoms with van der Waals surface area (Å²) in [6, 6.07) is 8.10. The first-order chi connectivity index (χ1) is 12.3. The Bertz CT molecular complexity index is 864. The van der Waals surface area contributed by atoms with Crippen LogP contribution < -0.4 is 5.32 Å². The summed E-state index contributed by atoms with van der Waals surface area (Å²) in [6.07, 6.45) is 2.05. The second kappa shape index (κ2) is 8.00. The van der Waals surface area contributed by atoms with Crippen molar-refractivity contribution in [1.29, 1.82) is 0 Å². The van der Waals surface area contributed by atoms with Crippen LogP contribution in [0.5, 0.6) is 0 Å². The Morgan fingerprint density at radius 2 is 2.00 bits per heavy atom. The Kier molecular flexibility index (Phi) is 5.92. The Morgan fingerprint density at radius 3 is 2.58 bits per heavy atom. The second-order valence-electron chi connectivity index (χ2n) is 6.25. The van der Waals surface area contributed by atoms with Gasteiger partial charge in [-0.05, 0) is 36.8 Å². The molecule has 140 valence electrons. The average Bonchev–Trinajstić information content (AvgIpc) is 3.14. The van der Waals surface area contributed by atoms with Gasteiger partial charge in [0.2, 0.25) is 5.91 Å². The van der Waals surface area contributed by atoms with Crippen molar-refractivity contribution >= 4 is 44.6 Å². The number of hydrogen-bond acceptors (Lipinski definition) is 5. The van der Waals surface area contributed by atoms with Crippen molar-refractivity contribution in [2.75, 3.05) is 23.4 Å². The van der Waals surface area contributed by atoms with Crippen LogP contribution in [0.25, 0.3) is 0 Å². The van der Waals surface area contributed by atoms with Gasteiger partial charge < -0.3 is 9.73 Å². The van der Waals surface area contributed by atoms with Gasteiger partial charge in [-0.25, -0.2) is 8.42 Å². The van der Waals surface area contributed by atoms with Crippen molar-refractivity contribution in [1.82, 2.24) is 4.90 Å². The fourth-order valence-corrected chi connectivity index (χ4v) is 5.28. The van der Waals surface area contributed by atoms with Gasteiger partial charge in [-0.1, -0.05) is 23.2 Å². The molecule has 1 amide bonds. The van der Waals surface area contributed by atoms with E-state index in [1.165, 1.54) is 0 Å². The van der Waals surface area contributed by atoms with Crippen LogP contribution in [-0.2, 0) is 21.2 Å². The smallest absolute Gasteiger partial charge is 0.238 e. The number of benzene rings is 1. The molecule has 6 nitrogen and oxygen atoms in total. The molecule has 1 saturated heterocycles. The molecule has 0 aliphatic carbocycles. The van der Waals surface area contributed by atoms with Crippen molar-refractivity contribution in [2.45, 2.75) is 19.0 Å². The van der Waals surface area contributed by atoms with Crippen LogP contribution in [0.15, 0.2) is 41.0 Å². The molecule has 0 spiro atoms. The molecule has 1 fully saturated rings. The van der Waals surface area contributed by atoms with Crippen LogP contribution in [0.3, 0.4) is 0 Å². The molecule has 3 rings (SSSR count). The maximum atomic E-state index is 12.5. The third-order valence-electron chi connectivity index (χ3n) is 4.16. The summed E-state index contributed by atoms with van der Waals surface area (Å²) in [5.41, 5.74) is 0.490. The molecule has 1 atom stereocenters. The molecule has 0 unspecified atom stereocenters. The van der Waals surface area contributed by atoms with Crippen LogP contribution in [0.1, 0.15) is 12.2 Å². The van der Waals surface area contributed by atoms with Gasteiger partial charge in [0.1, 0.15) is 5.76 Å². The molecule has 26 heavy (non-hydrogen) atoms. The number of carbonyl (C=O) groups is 1. The van der Waals surface area contributed by atoms with E-state index in [0.717, 1.165) is 0 Å². The molecule has 0 radical (unpaired) electrons. The molecule has 1 aromatic heterocycles. The summed E-state index contributed by atoms with van der Waals surface area (Å²) in [5.74, 6) is 0.578. The van der Waals surface area contributed by atoms with Gasteiger partial charge >= 0.3 is 0 Å². The lowest BCUT2D eigenvalue weighted by Crippen LogP contribution is -2.41. The minimum Gasteiger partial charge on any atom is -0.468 e. The van der Waals surface area contributed by atoms with Crippen molar-refractivity contribution < 1.29 is 17.6 Å². The van der Waals surface area contributed by atoms with E-state index in [0.29, 0.717) is 34.5 Å². The number of anilines is 1. The van der Waals surface area contributed by atoms with E-state index in [2.05, 4.69) is 5.32 Å². The van der Waals surface area contributed by atoms with Crippen LogP contribution in [0.4, 0.5) is 5.69 Å². The lowest BCUT2D eigenvalue weighted by molar-refractivity contribution is -0.118. The van der Waals surface area contributed by atoms with Crippen molar-refractivity contribution in [3.05, 3.63) is 52.4 Å². The summed E-state index contributed by atoms with van der Waals surface area (Å²) >= 11 is 11.9. The van der Waals surface area contributed by atoms with Crippen molar-refractivity contribution in [3.63, 3.8) is 0 Å². The Labute approximate surface area is 162 Å². The molecule has 1 aliphatic heterocycles. The fraction of sp³-hybridized carbons (Fsp3) is 0.353. The molecule has 1 aromatic carbocycles. The number of furan rings is 1. The number of sulfone groups is 1. The number of rotatable bonds is 6. The predicted octanol–water partition coefficient (Wildman–Crippen LogP) is 3.21. The summed E-state index contributed by atoms with van der Waals surface area (Å²) in [6.45, 7) is 0.391. The summed E-state index contributed by atoms with van der Waals surface area (Å²) < 4.78 is 29.0. The molecular formula is C17H18Cl2N2O4S. The predicted molar refractivity (Wildman–Crippen MR) is 101 cm³/mol. The third kappa shape index (κ3) is 5.23. The SMILES string of the molecule is O=C(CN(Cc1ccco1)[C@H]1CCS(=O)(=O)C1)Nc1cc(Cl)cc(Cl)c1. The largest absolute Gasteiger partial charge is 0.468 e. The van der Waals surface area contributed by atoms with Gasteiger partial charge in [0.05, 0.1) is 30.9 Å². The van der Waals surface area contributed by atoms with E-state index >= 15 is 0 Å². The van der Waals surface area contributed by atoms with Crippen LogP contribution >= 0.6 is 23.2 Å². The van der Waals surface area contributed by atoms with E-state index < -0.39 is 9.84 Å². The van der Waals surface area contributed by atoms with E-state index in [9.17, 15) is 13.2 Å². The zero-order valence-corrected chi connectivity index (χ0v) is 16.1. The highest BCUT2D eigenvalue weighted by Crippen LogP contribution is 2.23. The summed E-state index contributed by atoms with van der Waals surface area (Å²) in [4.78, 5) is 14.3. The molecule has 0 saturated carbocycles. The second-order valence-corrected chi connectivity index (χ2v) is 9.35. The highest BCUT2D eigenvalue weighted by Gasteiger charge is 2.33. The summed E-state index contributed by atoms with van der Waals surface area (Å²) in [5, 5.41) is 3.59. The van der Waals surface area contributed by atoms with Gasteiger partial charge in [-0.15, -0.1) is 0 Å². The Balaban J connectivity index is 1.71. The van der Waals surface area contributed by atoms with E-state index in [4.69, 9.17) is 27.6 Å². The molecule has 2 aromatic rings. The monoisotopic (exact) mass is 416 g/mol. The first-order valence-corrected chi connectivity index (χ1v) is 10.6. The maximum absolute atomic E-state index is 12.5. The number of nitrogens with zero attached hydrogens (tertiary/aromatic N) is 1. The molecule has 0 bridgehead atoms. The molecule has 9 heteroatoms. The zero-order valence-electron chi connectivity index (χ0n) is 13.8. The number of amides is 1. The quantitative estimate of drug-likeness (QED) is 0.781. The van der Waals surface area contributed by atoms with Crippen LogP contribution in [0.2, 0.25) is 10.0 Å². The van der Waals surface area contributed by atoms with E-state index in [1.54, 1.807) is 36.6 Å². The van der Waals surface area contributed by atoms with Gasteiger partial charge in [-0.3, -0.25) is 9.69 Å². The summed E-state index contributed by atoms with van der Waals surface area (Å²) in [7, 11) is -3.06. The van der Waals surface area contributed by atoms with Crippen LogP contribution in [0, 0.1) is 0 Å². The first kappa shape index (κ1) is 19.2. The van der Waals surface area contributed by atoms with Crippen LogP contribution in [-0.4, -0.2) is 43.3 Å². The number of hydrogen-bond donors (Lipinski definition) is 1. The highest BCUT2D eigenvalue weighted by atomic mass is 35.5. The number of nitrogens with one attached hydrogen (secondary N) is 1. The Hall–Kier alpha value is -1.54. The molecule has 1 N–H and O–H groups in total. The third-order valence-corrected chi connectivity index (χ3v) is 6.34. The normalized spacial score (nSPS) is 19.0. The molecule has 2 heterocycles. The standard InChI is InChI=1S/C17H18Cl2N2O4S/c18-12-6-13(19)8-14(7-12)20-17(22)10-21(9-16-2-1-4-25-16)15-3-5-26(23,24)11-15/h1-2,4,6-8,15H,3,5,9-11H2,(H,20,22)/t15-/m0/s1. The maximum Gasteiger partial charge on any atom is 0.238 e. The minimum atomic E-state index is -3.06. The van der Waals surface area contributed by atoms with Gasteiger partial charge in [-0.2, -0.15) is 0 Å². The number of halogens is 2. The average molecular weight is 417 g/mol. The first-order valence-electron chi connectivity index (χ1n) is 8.03. The molecule has 1 aliphatic rings. The highest BCUT2D eigenvalue weighted by molar-refractivity contribution is 7.91. The van der Waals surface area contributed by atoms with E-state index in [1.807, 2.05) is 4.90 Å². The minimum absolute atomic E-state index is 0.0328. The van der Waals surface area contributed by atoms with Gasteiger partial charge in [0.15, 0.2) is 9.84 Å². The lowest BCUT2D eigenvalue weighted by atomic mass is 10.2. The van der Waals surface area contributed by atoms with Crippen molar-refractivity contribution in [3.8, 4) is 0 Å². The van der Waals surface area contributed by atoms with Gasteiger partial charge in [0, 0.05) is 21.8 Å². The fourth-order valence-electron chi connectivity index (χ4n) is 2.99. The lowest BCUT2D eigenvalue weighted by Gasteiger charge is -2.26. The van der Waals surface area contributed by atoms with Gasteiger partial charge in [0.25, 0.3) is 0 Å². The number of carbonyl (C=O) groups excluding carboxylic acids is 1. The topological polar surface area (TPSA) is 79.6 Å². The molecular weight excluding hydrogens is 399 g/mol. The zero-order chi connectivity index (χ0) is 18.7. The van der Waals surface area contributed by atoms with Crippen molar-refractivity contribution in [2.24, 2.45) is 0 Å². The van der Waals surface area contributed by atoms with E-state index in [-0.39, 0.29) is 30.0 Å². The Morgan fingerprint density at radius 1 is 1.27 bits per heavy atom.